The Bertz CT molecular complexity index is 1170. The van der Waals surface area contributed by atoms with Crippen molar-refractivity contribution in [2.24, 2.45) is 0 Å². The van der Waals surface area contributed by atoms with Crippen molar-refractivity contribution >= 4 is 66.4 Å². The average molecular weight is 528 g/mol. The van der Waals surface area contributed by atoms with Crippen LogP contribution >= 0.6 is 39.1 Å². The van der Waals surface area contributed by atoms with Crippen molar-refractivity contribution < 1.29 is 13.2 Å². The Kier molecular flexibility index (Phi) is 7.08. The standard InChI is InChI=1S/C21H17BrCl2N2O3S/c1-14-2-9-18(10-3-14)30(28,29)26(17-7-4-15(23)5-8-17)13-21(27)25-16-6-11-19(22)20(24)12-16/h2-12H,13H2,1H3,(H,25,27). The van der Waals surface area contributed by atoms with E-state index < -0.39 is 22.5 Å². The predicted molar refractivity (Wildman–Crippen MR) is 125 cm³/mol. The molecule has 0 spiro atoms. The second-order valence-electron chi connectivity index (χ2n) is 6.48. The van der Waals surface area contributed by atoms with Gasteiger partial charge in [0.25, 0.3) is 10.0 Å². The number of benzene rings is 3. The summed E-state index contributed by atoms with van der Waals surface area (Å²) in [5.74, 6) is -0.515. The molecule has 0 saturated carbocycles. The summed E-state index contributed by atoms with van der Waals surface area (Å²) in [4.78, 5) is 12.8. The largest absolute Gasteiger partial charge is 0.324 e. The molecule has 0 bridgehead atoms. The van der Waals surface area contributed by atoms with E-state index >= 15 is 0 Å². The highest BCUT2D eigenvalue weighted by atomic mass is 79.9. The van der Waals surface area contributed by atoms with E-state index in [2.05, 4.69) is 21.2 Å². The highest BCUT2D eigenvalue weighted by Gasteiger charge is 2.27. The van der Waals surface area contributed by atoms with Crippen LogP contribution in [0.1, 0.15) is 5.56 Å². The molecule has 0 aliphatic rings. The maximum atomic E-state index is 13.3. The molecule has 9 heteroatoms. The number of sulfonamides is 1. The normalized spacial score (nSPS) is 11.2. The second-order valence-corrected chi connectivity index (χ2v) is 10.0. The van der Waals surface area contributed by atoms with Crippen molar-refractivity contribution in [1.82, 2.24) is 0 Å². The molecule has 1 N–H and O–H groups in total. The van der Waals surface area contributed by atoms with Crippen LogP contribution in [0.4, 0.5) is 11.4 Å². The van der Waals surface area contributed by atoms with Crippen LogP contribution in [0.5, 0.6) is 0 Å². The molecule has 3 aromatic rings. The van der Waals surface area contributed by atoms with E-state index in [0.717, 1.165) is 9.87 Å². The third kappa shape index (κ3) is 5.35. The lowest BCUT2D eigenvalue weighted by molar-refractivity contribution is -0.114. The molecule has 0 aliphatic carbocycles. The van der Waals surface area contributed by atoms with Crippen LogP contribution in [0.15, 0.2) is 76.1 Å². The van der Waals surface area contributed by atoms with Gasteiger partial charge in [-0.2, -0.15) is 0 Å². The highest BCUT2D eigenvalue weighted by Crippen LogP contribution is 2.27. The lowest BCUT2D eigenvalue weighted by Gasteiger charge is -2.24. The molecule has 0 saturated heterocycles. The van der Waals surface area contributed by atoms with Gasteiger partial charge in [-0.25, -0.2) is 8.42 Å². The first-order chi connectivity index (χ1) is 14.2. The fraction of sp³-hybridized carbons (Fsp3) is 0.0952. The number of hydrogen-bond acceptors (Lipinski definition) is 3. The van der Waals surface area contributed by atoms with E-state index in [1.165, 1.54) is 12.1 Å². The minimum Gasteiger partial charge on any atom is -0.324 e. The predicted octanol–water partition coefficient (Wildman–Crippen LogP) is 5.90. The Morgan fingerprint density at radius 2 is 1.63 bits per heavy atom. The first-order valence-electron chi connectivity index (χ1n) is 8.77. The Morgan fingerprint density at radius 1 is 1.00 bits per heavy atom. The quantitative estimate of drug-likeness (QED) is 0.434. The molecule has 0 aliphatic heterocycles. The van der Waals surface area contributed by atoms with Gasteiger partial charge in [-0.15, -0.1) is 0 Å². The summed E-state index contributed by atoms with van der Waals surface area (Å²) in [5.41, 5.74) is 1.71. The zero-order chi connectivity index (χ0) is 21.9. The van der Waals surface area contributed by atoms with Gasteiger partial charge >= 0.3 is 0 Å². The van der Waals surface area contributed by atoms with Gasteiger partial charge < -0.3 is 5.32 Å². The van der Waals surface area contributed by atoms with Crippen LogP contribution < -0.4 is 9.62 Å². The van der Waals surface area contributed by atoms with Crippen LogP contribution in [-0.4, -0.2) is 20.9 Å². The zero-order valence-electron chi connectivity index (χ0n) is 15.8. The number of hydrogen-bond donors (Lipinski definition) is 1. The molecule has 3 rings (SSSR count). The number of carbonyl (C=O) groups excluding carboxylic acids is 1. The van der Waals surface area contributed by atoms with E-state index in [1.54, 1.807) is 54.6 Å². The number of aryl methyl sites for hydroxylation is 1. The number of anilines is 2. The number of nitrogens with zero attached hydrogens (tertiary/aromatic N) is 1. The van der Waals surface area contributed by atoms with Gasteiger partial charge in [0.05, 0.1) is 15.6 Å². The van der Waals surface area contributed by atoms with Crippen LogP contribution in [-0.2, 0) is 14.8 Å². The minimum absolute atomic E-state index is 0.0857. The van der Waals surface area contributed by atoms with Crippen molar-refractivity contribution in [2.45, 2.75) is 11.8 Å². The van der Waals surface area contributed by atoms with E-state index in [1.807, 2.05) is 6.92 Å². The molecule has 0 radical (unpaired) electrons. The number of rotatable bonds is 6. The number of halogens is 3. The number of amides is 1. The Balaban J connectivity index is 1.93. The van der Waals surface area contributed by atoms with E-state index in [0.29, 0.717) is 25.9 Å². The SMILES string of the molecule is Cc1ccc(S(=O)(=O)N(CC(=O)Nc2ccc(Br)c(Cl)c2)c2ccc(Cl)cc2)cc1. The van der Waals surface area contributed by atoms with Crippen molar-refractivity contribution in [2.75, 3.05) is 16.2 Å². The summed E-state index contributed by atoms with van der Waals surface area (Å²) < 4.78 is 28.3. The smallest absolute Gasteiger partial charge is 0.264 e. The molecule has 0 unspecified atom stereocenters. The van der Waals surface area contributed by atoms with Gasteiger partial charge in [0, 0.05) is 15.2 Å². The first-order valence-corrected chi connectivity index (χ1v) is 11.8. The summed E-state index contributed by atoms with van der Waals surface area (Å²) >= 11 is 15.3. The maximum absolute atomic E-state index is 13.3. The van der Waals surface area contributed by atoms with E-state index in [9.17, 15) is 13.2 Å². The lowest BCUT2D eigenvalue weighted by atomic mass is 10.2. The molecule has 30 heavy (non-hydrogen) atoms. The lowest BCUT2D eigenvalue weighted by Crippen LogP contribution is -2.38. The highest BCUT2D eigenvalue weighted by molar-refractivity contribution is 9.10. The molecule has 5 nitrogen and oxygen atoms in total. The van der Waals surface area contributed by atoms with Crippen molar-refractivity contribution in [1.29, 1.82) is 0 Å². The van der Waals surface area contributed by atoms with Gasteiger partial charge in [0.1, 0.15) is 6.54 Å². The third-order valence-corrected chi connectivity index (χ3v) is 7.49. The van der Waals surface area contributed by atoms with Crippen molar-refractivity contribution in [3.8, 4) is 0 Å². The zero-order valence-corrected chi connectivity index (χ0v) is 19.7. The maximum Gasteiger partial charge on any atom is 0.264 e. The van der Waals surface area contributed by atoms with Crippen LogP contribution in [0.2, 0.25) is 10.0 Å². The molecule has 3 aromatic carbocycles. The first kappa shape index (κ1) is 22.6. The van der Waals surface area contributed by atoms with Crippen LogP contribution in [0, 0.1) is 6.92 Å². The van der Waals surface area contributed by atoms with Gasteiger partial charge in [0.2, 0.25) is 5.91 Å². The average Bonchev–Trinajstić information content (AvgIpc) is 2.70. The van der Waals surface area contributed by atoms with E-state index in [-0.39, 0.29) is 4.90 Å². The minimum atomic E-state index is -3.99. The van der Waals surface area contributed by atoms with Gasteiger partial charge in [-0.05, 0) is 77.5 Å². The fourth-order valence-electron chi connectivity index (χ4n) is 2.66. The van der Waals surface area contributed by atoms with Crippen LogP contribution in [0.3, 0.4) is 0 Å². The topological polar surface area (TPSA) is 66.5 Å². The van der Waals surface area contributed by atoms with Gasteiger partial charge in [-0.3, -0.25) is 9.10 Å². The number of nitrogens with one attached hydrogen (secondary N) is 1. The summed E-state index contributed by atoms with van der Waals surface area (Å²) in [7, 11) is -3.99. The molecule has 0 atom stereocenters. The second kappa shape index (κ2) is 9.39. The Hall–Kier alpha value is -2.06. The van der Waals surface area contributed by atoms with Crippen molar-refractivity contribution in [3.05, 3.63) is 86.8 Å². The summed E-state index contributed by atoms with van der Waals surface area (Å²) in [6.07, 6.45) is 0. The third-order valence-electron chi connectivity index (χ3n) is 4.21. The summed E-state index contributed by atoms with van der Waals surface area (Å²) in [6, 6.07) is 17.6. The van der Waals surface area contributed by atoms with Crippen LogP contribution in [0.25, 0.3) is 0 Å². The van der Waals surface area contributed by atoms with E-state index in [4.69, 9.17) is 23.2 Å². The van der Waals surface area contributed by atoms with Gasteiger partial charge in [0.15, 0.2) is 0 Å². The summed E-state index contributed by atoms with van der Waals surface area (Å²) in [6.45, 7) is 1.44. The van der Waals surface area contributed by atoms with Gasteiger partial charge in [-0.1, -0.05) is 40.9 Å². The molecule has 0 fully saturated rings. The molecular formula is C21H17BrCl2N2O3S. The molecule has 0 heterocycles. The van der Waals surface area contributed by atoms with Crippen molar-refractivity contribution in [3.63, 3.8) is 0 Å². The fourth-order valence-corrected chi connectivity index (χ4v) is 4.64. The summed E-state index contributed by atoms with van der Waals surface area (Å²) in [5, 5.41) is 3.56. The molecule has 156 valence electrons. The Labute approximate surface area is 193 Å². The number of carbonyl (C=O) groups is 1. The molecule has 0 aromatic heterocycles. The molecule has 1 amide bonds. The Morgan fingerprint density at radius 3 is 2.23 bits per heavy atom. The molecular weight excluding hydrogens is 511 g/mol. The monoisotopic (exact) mass is 526 g/mol.